The van der Waals surface area contributed by atoms with Gasteiger partial charge in [-0.2, -0.15) is 0 Å². The maximum absolute atomic E-state index is 13.6. The minimum absolute atomic E-state index is 0.139. The van der Waals surface area contributed by atoms with E-state index in [1.54, 1.807) is 42.5 Å². The van der Waals surface area contributed by atoms with Crippen LogP contribution in [0.25, 0.3) is 11.6 Å². The number of aromatic amines is 1. The van der Waals surface area contributed by atoms with Crippen LogP contribution in [0.15, 0.2) is 60.8 Å². The fourth-order valence-electron chi connectivity index (χ4n) is 4.59. The van der Waals surface area contributed by atoms with Gasteiger partial charge < -0.3 is 20.8 Å². The smallest absolute Gasteiger partial charge is 0.256 e. The Kier molecular flexibility index (Phi) is 5.64. The molecule has 0 radical (unpaired) electrons. The van der Waals surface area contributed by atoms with Crippen molar-refractivity contribution in [3.63, 3.8) is 0 Å². The number of nitrogens with zero attached hydrogens (tertiary/aromatic N) is 1. The Bertz CT molecular complexity index is 1320. The third-order valence-electron chi connectivity index (χ3n) is 6.58. The molecule has 1 saturated carbocycles. The van der Waals surface area contributed by atoms with Gasteiger partial charge in [0.05, 0.1) is 24.1 Å². The van der Waals surface area contributed by atoms with Crippen LogP contribution in [0, 0.1) is 5.41 Å². The Morgan fingerprint density at radius 1 is 1.09 bits per heavy atom. The molecule has 2 aromatic carbocycles. The number of aromatic nitrogens is 1. The first-order valence-electron chi connectivity index (χ1n) is 11.4. The number of amides is 3. The molecule has 2 heterocycles. The van der Waals surface area contributed by atoms with Gasteiger partial charge in [-0.3, -0.25) is 19.3 Å². The molecule has 5 rings (SSSR count). The lowest BCUT2D eigenvalue weighted by atomic mass is 9.96. The average Bonchev–Trinajstić information content (AvgIpc) is 3.23. The lowest BCUT2D eigenvalue weighted by Crippen LogP contribution is -2.30. The van der Waals surface area contributed by atoms with Crippen molar-refractivity contribution in [2.24, 2.45) is 11.1 Å². The molecule has 4 N–H and O–H groups in total. The Morgan fingerprint density at radius 2 is 1.83 bits per heavy atom. The number of nitrogens with one attached hydrogen (secondary N) is 2. The monoisotopic (exact) mass is 470 g/mol. The van der Waals surface area contributed by atoms with Crippen molar-refractivity contribution in [1.29, 1.82) is 0 Å². The average molecular weight is 471 g/mol. The Labute approximate surface area is 202 Å². The number of nitrogens with two attached hydrogens (primary N) is 1. The van der Waals surface area contributed by atoms with Gasteiger partial charge in [0, 0.05) is 36.0 Å². The Balaban J connectivity index is 1.50. The molecule has 0 atom stereocenters. The van der Waals surface area contributed by atoms with Gasteiger partial charge in [-0.15, -0.1) is 0 Å². The SMILES string of the molecule is COc1ccc(N(C(=O)CC2(CC(N)=O)CC2)c2ccc3c(c2)NC(=O)/C3=C\c2ccc[nH]2)cc1. The van der Waals surface area contributed by atoms with E-state index in [2.05, 4.69) is 10.3 Å². The molecule has 1 aliphatic heterocycles. The summed E-state index contributed by atoms with van der Waals surface area (Å²) in [4.78, 5) is 42.6. The quantitative estimate of drug-likeness (QED) is 0.427. The summed E-state index contributed by atoms with van der Waals surface area (Å²) in [5, 5.41) is 2.91. The summed E-state index contributed by atoms with van der Waals surface area (Å²) in [6, 6.07) is 16.4. The van der Waals surface area contributed by atoms with E-state index in [0.717, 1.165) is 24.1 Å². The summed E-state index contributed by atoms with van der Waals surface area (Å²) in [5.74, 6) is -0.0606. The summed E-state index contributed by atoms with van der Waals surface area (Å²) in [6.07, 6.45) is 5.60. The number of hydrogen-bond acceptors (Lipinski definition) is 4. The molecule has 0 saturated heterocycles. The zero-order chi connectivity index (χ0) is 24.6. The largest absolute Gasteiger partial charge is 0.497 e. The fourth-order valence-corrected chi connectivity index (χ4v) is 4.59. The van der Waals surface area contributed by atoms with Crippen molar-refractivity contribution in [3.8, 4) is 5.75 Å². The first-order valence-corrected chi connectivity index (χ1v) is 11.4. The summed E-state index contributed by atoms with van der Waals surface area (Å²) < 4.78 is 5.27. The molecule has 0 unspecified atom stereocenters. The van der Waals surface area contributed by atoms with Crippen LogP contribution in [0.4, 0.5) is 17.1 Å². The first-order chi connectivity index (χ1) is 16.9. The minimum Gasteiger partial charge on any atom is -0.497 e. The summed E-state index contributed by atoms with van der Waals surface area (Å²) in [6.45, 7) is 0. The maximum atomic E-state index is 13.6. The lowest BCUT2D eigenvalue weighted by molar-refractivity contribution is -0.121. The van der Waals surface area contributed by atoms with E-state index >= 15 is 0 Å². The van der Waals surface area contributed by atoms with Crippen molar-refractivity contribution in [2.75, 3.05) is 17.3 Å². The summed E-state index contributed by atoms with van der Waals surface area (Å²) in [5.41, 5.74) is 9.13. The molecule has 0 bridgehead atoms. The standard InChI is InChI=1S/C27H26N4O4/c1-35-20-7-4-18(5-8-20)31(25(33)16-27(10-11-27)15-24(28)32)19-6-9-21-22(13-17-3-2-12-29-17)26(34)30-23(21)14-19/h2-9,12-14,29H,10-11,15-16H2,1H3,(H2,28,32)(H,30,34)/b22-13-. The van der Waals surface area contributed by atoms with E-state index in [1.807, 2.05) is 36.4 Å². The van der Waals surface area contributed by atoms with E-state index < -0.39 is 5.91 Å². The number of fused-ring (bicyclic) bond motifs is 1. The number of hydrogen-bond donors (Lipinski definition) is 3. The highest BCUT2D eigenvalue weighted by Gasteiger charge is 2.46. The van der Waals surface area contributed by atoms with Gasteiger partial charge in [0.25, 0.3) is 5.91 Å². The van der Waals surface area contributed by atoms with Crippen molar-refractivity contribution in [3.05, 3.63) is 72.1 Å². The van der Waals surface area contributed by atoms with Gasteiger partial charge in [0.2, 0.25) is 11.8 Å². The number of H-pyrrole nitrogens is 1. The number of methoxy groups -OCH3 is 1. The molecule has 2 aliphatic rings. The van der Waals surface area contributed by atoms with E-state index in [1.165, 1.54) is 0 Å². The highest BCUT2D eigenvalue weighted by atomic mass is 16.5. The second-order valence-corrected chi connectivity index (χ2v) is 9.11. The number of ether oxygens (including phenoxy) is 1. The molecule has 1 aliphatic carbocycles. The van der Waals surface area contributed by atoms with E-state index in [0.29, 0.717) is 28.4 Å². The van der Waals surface area contributed by atoms with Crippen LogP contribution in [-0.4, -0.2) is 29.8 Å². The van der Waals surface area contributed by atoms with Gasteiger partial charge >= 0.3 is 0 Å². The minimum atomic E-state index is -0.395. The summed E-state index contributed by atoms with van der Waals surface area (Å²) in [7, 11) is 1.58. The second kappa shape index (κ2) is 8.79. The normalized spacial score (nSPS) is 16.5. The predicted molar refractivity (Wildman–Crippen MR) is 134 cm³/mol. The van der Waals surface area contributed by atoms with Gasteiger partial charge in [-0.05, 0) is 78.9 Å². The van der Waals surface area contributed by atoms with Crippen molar-refractivity contribution in [2.45, 2.75) is 25.7 Å². The Morgan fingerprint density at radius 3 is 2.46 bits per heavy atom. The number of benzene rings is 2. The lowest BCUT2D eigenvalue weighted by Gasteiger charge is -2.26. The third kappa shape index (κ3) is 4.55. The second-order valence-electron chi connectivity index (χ2n) is 9.11. The topological polar surface area (TPSA) is 118 Å². The van der Waals surface area contributed by atoms with Gasteiger partial charge in [0.1, 0.15) is 5.75 Å². The van der Waals surface area contributed by atoms with Gasteiger partial charge in [0.15, 0.2) is 0 Å². The van der Waals surface area contributed by atoms with Crippen LogP contribution in [-0.2, 0) is 14.4 Å². The van der Waals surface area contributed by atoms with Crippen molar-refractivity contribution < 1.29 is 19.1 Å². The molecule has 35 heavy (non-hydrogen) atoms. The van der Waals surface area contributed by atoms with Crippen LogP contribution in [0.1, 0.15) is 36.9 Å². The zero-order valence-corrected chi connectivity index (χ0v) is 19.3. The molecule has 3 amide bonds. The number of anilines is 3. The fraction of sp³-hybridized carbons (Fsp3) is 0.222. The molecule has 1 fully saturated rings. The van der Waals surface area contributed by atoms with Crippen LogP contribution < -0.4 is 20.7 Å². The van der Waals surface area contributed by atoms with Crippen LogP contribution in [0.5, 0.6) is 5.75 Å². The van der Waals surface area contributed by atoms with E-state index in [-0.39, 0.29) is 30.1 Å². The molecule has 178 valence electrons. The van der Waals surface area contributed by atoms with Crippen molar-refractivity contribution >= 4 is 46.4 Å². The number of carbonyl (C=O) groups excluding carboxylic acids is 3. The molecule has 1 aromatic heterocycles. The number of carbonyl (C=O) groups is 3. The molecule has 3 aromatic rings. The van der Waals surface area contributed by atoms with Gasteiger partial charge in [-0.1, -0.05) is 0 Å². The van der Waals surface area contributed by atoms with E-state index in [9.17, 15) is 14.4 Å². The van der Waals surface area contributed by atoms with Gasteiger partial charge in [-0.25, -0.2) is 0 Å². The number of rotatable bonds is 8. The summed E-state index contributed by atoms with van der Waals surface area (Å²) >= 11 is 0. The van der Waals surface area contributed by atoms with E-state index in [4.69, 9.17) is 10.5 Å². The predicted octanol–water partition coefficient (Wildman–Crippen LogP) is 4.23. The molecule has 0 spiro atoms. The molecular weight excluding hydrogens is 444 g/mol. The Hall–Kier alpha value is -4.33. The third-order valence-corrected chi connectivity index (χ3v) is 6.58. The highest BCUT2D eigenvalue weighted by molar-refractivity contribution is 6.35. The zero-order valence-electron chi connectivity index (χ0n) is 19.3. The number of primary amides is 1. The van der Waals surface area contributed by atoms with Crippen LogP contribution in [0.2, 0.25) is 0 Å². The van der Waals surface area contributed by atoms with Crippen LogP contribution in [0.3, 0.4) is 0 Å². The first kappa shape index (κ1) is 22.5. The van der Waals surface area contributed by atoms with Crippen molar-refractivity contribution in [1.82, 2.24) is 4.98 Å². The molecule has 8 heteroatoms. The van der Waals surface area contributed by atoms with Crippen LogP contribution >= 0.6 is 0 Å². The maximum Gasteiger partial charge on any atom is 0.256 e. The highest BCUT2D eigenvalue weighted by Crippen LogP contribution is 2.52. The molecule has 8 nitrogen and oxygen atoms in total. The molecular formula is C27H26N4O4.